The van der Waals surface area contributed by atoms with Crippen LogP contribution in [0.1, 0.15) is 5.56 Å². The highest BCUT2D eigenvalue weighted by Gasteiger charge is 2.20. The summed E-state index contributed by atoms with van der Waals surface area (Å²) in [4.78, 5) is 13.9. The van der Waals surface area contributed by atoms with E-state index in [-0.39, 0.29) is 12.4 Å². The molecule has 2 aromatic carbocycles. The minimum absolute atomic E-state index is 0. The lowest BCUT2D eigenvalue weighted by molar-refractivity contribution is 0.249. The van der Waals surface area contributed by atoms with Crippen LogP contribution in [0.3, 0.4) is 0 Å². The number of nitrogens with zero attached hydrogens (tertiary/aromatic N) is 4. The number of halogens is 2. The SMILES string of the molecule is Cl.Ic1ccc2ncnc(N3CCN(Cc4ccccc4)CC3)c2c1. The van der Waals surface area contributed by atoms with Crippen LogP contribution < -0.4 is 4.90 Å². The quantitative estimate of drug-likeness (QED) is 0.547. The summed E-state index contributed by atoms with van der Waals surface area (Å²) >= 11 is 2.35. The second-order valence-electron chi connectivity index (χ2n) is 6.11. The Morgan fingerprint density at radius 1 is 0.920 bits per heavy atom. The van der Waals surface area contributed by atoms with Crippen molar-refractivity contribution < 1.29 is 0 Å². The Kier molecular flexibility index (Phi) is 6.09. The summed E-state index contributed by atoms with van der Waals surface area (Å²) < 4.78 is 1.22. The van der Waals surface area contributed by atoms with Crippen molar-refractivity contribution in [1.82, 2.24) is 14.9 Å². The number of aromatic nitrogens is 2. The molecule has 2 heterocycles. The van der Waals surface area contributed by atoms with Crippen molar-refractivity contribution in [2.24, 2.45) is 0 Å². The summed E-state index contributed by atoms with van der Waals surface area (Å²) in [6.45, 7) is 5.15. The maximum atomic E-state index is 4.57. The maximum Gasteiger partial charge on any atom is 0.140 e. The van der Waals surface area contributed by atoms with Gasteiger partial charge in [-0.05, 0) is 46.4 Å². The first-order valence-corrected chi connectivity index (χ1v) is 9.29. The first-order chi connectivity index (χ1) is 11.8. The van der Waals surface area contributed by atoms with Crippen LogP contribution in [0, 0.1) is 3.57 Å². The van der Waals surface area contributed by atoms with Crippen molar-refractivity contribution in [2.75, 3.05) is 31.1 Å². The van der Waals surface area contributed by atoms with Gasteiger partial charge in [0.2, 0.25) is 0 Å². The normalized spacial score (nSPS) is 15.2. The van der Waals surface area contributed by atoms with Gasteiger partial charge in [0, 0.05) is 41.7 Å². The van der Waals surface area contributed by atoms with Crippen molar-refractivity contribution in [3.8, 4) is 0 Å². The molecule has 1 saturated heterocycles. The van der Waals surface area contributed by atoms with Gasteiger partial charge in [-0.3, -0.25) is 4.90 Å². The molecule has 0 saturated carbocycles. The molecule has 0 aliphatic carbocycles. The van der Waals surface area contributed by atoms with Crippen LogP contribution >= 0.6 is 35.0 Å². The second-order valence-corrected chi connectivity index (χ2v) is 7.35. The minimum atomic E-state index is 0. The van der Waals surface area contributed by atoms with Gasteiger partial charge in [-0.2, -0.15) is 0 Å². The van der Waals surface area contributed by atoms with Crippen LogP contribution in [0.15, 0.2) is 54.9 Å². The molecule has 0 atom stereocenters. The molecule has 0 amide bonds. The third kappa shape index (κ3) is 4.22. The zero-order chi connectivity index (χ0) is 16.4. The summed E-state index contributed by atoms with van der Waals surface area (Å²) in [6.07, 6.45) is 1.68. The smallest absolute Gasteiger partial charge is 0.140 e. The van der Waals surface area contributed by atoms with E-state index in [1.54, 1.807) is 6.33 Å². The molecular weight excluding hydrogens is 447 g/mol. The summed E-state index contributed by atoms with van der Waals surface area (Å²) in [6, 6.07) is 17.1. The highest BCUT2D eigenvalue weighted by atomic mass is 127. The molecule has 0 radical (unpaired) electrons. The lowest BCUT2D eigenvalue weighted by atomic mass is 10.2. The van der Waals surface area contributed by atoms with Gasteiger partial charge >= 0.3 is 0 Å². The molecule has 130 valence electrons. The van der Waals surface area contributed by atoms with E-state index in [1.807, 2.05) is 0 Å². The number of anilines is 1. The van der Waals surface area contributed by atoms with Crippen LogP contribution in [-0.2, 0) is 6.54 Å². The van der Waals surface area contributed by atoms with E-state index >= 15 is 0 Å². The van der Waals surface area contributed by atoms with Gasteiger partial charge in [-0.25, -0.2) is 9.97 Å². The number of rotatable bonds is 3. The van der Waals surface area contributed by atoms with Gasteiger partial charge in [0.1, 0.15) is 12.1 Å². The average molecular weight is 467 g/mol. The third-order valence-corrected chi connectivity index (χ3v) is 5.17. The van der Waals surface area contributed by atoms with E-state index in [9.17, 15) is 0 Å². The first kappa shape index (κ1) is 18.4. The van der Waals surface area contributed by atoms with Crippen LogP contribution in [0.4, 0.5) is 5.82 Å². The molecule has 1 fully saturated rings. The Morgan fingerprint density at radius 2 is 1.68 bits per heavy atom. The zero-order valence-electron chi connectivity index (χ0n) is 13.8. The van der Waals surface area contributed by atoms with Gasteiger partial charge < -0.3 is 4.90 Å². The summed E-state index contributed by atoms with van der Waals surface area (Å²) in [7, 11) is 0. The van der Waals surface area contributed by atoms with Crippen molar-refractivity contribution in [1.29, 1.82) is 0 Å². The minimum Gasteiger partial charge on any atom is -0.353 e. The molecule has 3 aromatic rings. The Balaban J connectivity index is 0.00000182. The van der Waals surface area contributed by atoms with Crippen molar-refractivity contribution in [3.63, 3.8) is 0 Å². The van der Waals surface area contributed by atoms with Crippen molar-refractivity contribution in [2.45, 2.75) is 6.54 Å². The lowest BCUT2D eigenvalue weighted by Gasteiger charge is -2.35. The van der Waals surface area contributed by atoms with Crippen molar-refractivity contribution in [3.05, 3.63) is 64.0 Å². The molecule has 6 heteroatoms. The van der Waals surface area contributed by atoms with Gasteiger partial charge in [0.05, 0.1) is 5.52 Å². The number of hydrogen-bond acceptors (Lipinski definition) is 4. The summed E-state index contributed by atoms with van der Waals surface area (Å²) in [5, 5.41) is 1.15. The number of piperazine rings is 1. The standard InChI is InChI=1S/C19H19IN4.ClH/c20-16-6-7-18-17(12-16)19(22-14-21-18)24-10-8-23(9-11-24)13-15-4-2-1-3-5-15;/h1-7,12,14H,8-11,13H2;1H. The van der Waals surface area contributed by atoms with Gasteiger partial charge in [-0.15, -0.1) is 12.4 Å². The number of fused-ring (bicyclic) bond motifs is 1. The average Bonchev–Trinajstić information content (AvgIpc) is 2.63. The maximum absolute atomic E-state index is 4.57. The molecule has 4 rings (SSSR count). The van der Waals surface area contributed by atoms with Gasteiger partial charge in [-0.1, -0.05) is 30.3 Å². The van der Waals surface area contributed by atoms with E-state index in [0.29, 0.717) is 0 Å². The number of hydrogen-bond donors (Lipinski definition) is 0. The largest absolute Gasteiger partial charge is 0.353 e. The van der Waals surface area contributed by atoms with E-state index in [2.05, 4.69) is 90.9 Å². The fourth-order valence-electron chi connectivity index (χ4n) is 3.23. The van der Waals surface area contributed by atoms with Gasteiger partial charge in [0.25, 0.3) is 0 Å². The van der Waals surface area contributed by atoms with Gasteiger partial charge in [0.15, 0.2) is 0 Å². The highest BCUT2D eigenvalue weighted by Crippen LogP contribution is 2.25. The number of benzene rings is 2. The predicted molar refractivity (Wildman–Crippen MR) is 113 cm³/mol. The molecule has 1 aliphatic rings. The molecule has 0 spiro atoms. The van der Waals surface area contributed by atoms with Crippen LogP contribution in [0.2, 0.25) is 0 Å². The summed E-state index contributed by atoms with van der Waals surface area (Å²) in [5.74, 6) is 1.07. The van der Waals surface area contributed by atoms with E-state index < -0.39 is 0 Å². The summed E-state index contributed by atoms with van der Waals surface area (Å²) in [5.41, 5.74) is 2.40. The van der Waals surface area contributed by atoms with E-state index in [0.717, 1.165) is 49.4 Å². The fraction of sp³-hybridized carbons (Fsp3) is 0.263. The Bertz CT molecular complexity index is 835. The second kappa shape index (κ2) is 8.29. The van der Waals surface area contributed by atoms with Crippen LogP contribution in [-0.4, -0.2) is 41.0 Å². The molecular formula is C19H20ClIN4. The molecule has 25 heavy (non-hydrogen) atoms. The first-order valence-electron chi connectivity index (χ1n) is 8.21. The Labute approximate surface area is 167 Å². The molecule has 1 aliphatic heterocycles. The van der Waals surface area contributed by atoms with Crippen LogP contribution in [0.5, 0.6) is 0 Å². The predicted octanol–water partition coefficient (Wildman–Crippen LogP) is 3.98. The third-order valence-electron chi connectivity index (χ3n) is 4.50. The monoisotopic (exact) mass is 466 g/mol. The van der Waals surface area contributed by atoms with E-state index in [1.165, 1.54) is 9.13 Å². The van der Waals surface area contributed by atoms with Crippen molar-refractivity contribution >= 4 is 51.7 Å². The molecule has 0 unspecified atom stereocenters. The zero-order valence-corrected chi connectivity index (χ0v) is 16.8. The van der Waals surface area contributed by atoms with Crippen LogP contribution in [0.25, 0.3) is 10.9 Å². The molecule has 0 bridgehead atoms. The Hall–Kier alpha value is -1.44. The topological polar surface area (TPSA) is 32.3 Å². The molecule has 4 nitrogen and oxygen atoms in total. The van der Waals surface area contributed by atoms with E-state index in [4.69, 9.17) is 0 Å². The molecule has 1 aromatic heterocycles. The molecule has 0 N–H and O–H groups in total. The fourth-order valence-corrected chi connectivity index (χ4v) is 3.72. The Morgan fingerprint density at radius 3 is 2.44 bits per heavy atom. The highest BCUT2D eigenvalue weighted by molar-refractivity contribution is 14.1. The lowest BCUT2D eigenvalue weighted by Crippen LogP contribution is -2.46.